The van der Waals surface area contributed by atoms with Crippen molar-refractivity contribution >= 4 is 34.6 Å². The van der Waals surface area contributed by atoms with Crippen LogP contribution in [0.3, 0.4) is 0 Å². The number of imide groups is 1. The van der Waals surface area contributed by atoms with Crippen LogP contribution in [-0.2, 0) is 17.8 Å². The fourth-order valence-electron chi connectivity index (χ4n) is 5.83. The monoisotopic (exact) mass is 572 g/mol. The summed E-state index contributed by atoms with van der Waals surface area (Å²) in [4.78, 5) is 46.9. The Bertz CT molecular complexity index is 1850. The molecule has 0 atom stereocenters. The maximum atomic E-state index is 13.4. The lowest BCUT2D eigenvalue weighted by atomic mass is 9.94. The lowest BCUT2D eigenvalue weighted by Gasteiger charge is -2.19. The van der Waals surface area contributed by atoms with Crippen molar-refractivity contribution in [1.82, 2.24) is 14.5 Å². The van der Waals surface area contributed by atoms with Crippen LogP contribution < -0.4 is 4.90 Å². The van der Waals surface area contributed by atoms with Gasteiger partial charge in [0.1, 0.15) is 12.4 Å². The quantitative estimate of drug-likeness (QED) is 0.192. The summed E-state index contributed by atoms with van der Waals surface area (Å²) in [6.45, 7) is 4.27. The molecular weight excluding hydrogens is 540 g/mol. The van der Waals surface area contributed by atoms with E-state index >= 15 is 0 Å². The molecule has 5 aromatic rings. The Balaban J connectivity index is 1.46. The van der Waals surface area contributed by atoms with Gasteiger partial charge in [-0.15, -0.1) is 0 Å². The second-order valence-corrected chi connectivity index (χ2v) is 10.8. The van der Waals surface area contributed by atoms with E-state index in [4.69, 9.17) is 4.98 Å². The number of carboxylic acid groups (broad SMARTS) is 1. The van der Waals surface area contributed by atoms with E-state index in [1.165, 1.54) is 9.80 Å². The molecular formula is C35H32N4O4. The van der Waals surface area contributed by atoms with Crippen LogP contribution in [0.5, 0.6) is 0 Å². The Hall–Kier alpha value is -5.24. The molecule has 0 saturated carbocycles. The summed E-state index contributed by atoms with van der Waals surface area (Å²) in [5, 5.41) is 10.3. The van der Waals surface area contributed by atoms with Crippen molar-refractivity contribution in [3.8, 4) is 16.8 Å². The van der Waals surface area contributed by atoms with E-state index < -0.39 is 5.97 Å². The SMILES string of the molecule is CCCCc1nc2ccc(N3C(=O)CN(Cc4ccccc4)C3=O)cc2n1-c1ccc(-c2ccccc2)c(C(=O)O)c1C. The third-order valence-electron chi connectivity index (χ3n) is 7.95. The number of urea groups is 1. The van der Waals surface area contributed by atoms with Gasteiger partial charge in [0.05, 0.1) is 28.0 Å². The van der Waals surface area contributed by atoms with E-state index in [-0.39, 0.29) is 24.0 Å². The Morgan fingerprint density at radius 2 is 1.65 bits per heavy atom. The summed E-state index contributed by atoms with van der Waals surface area (Å²) in [7, 11) is 0. The van der Waals surface area contributed by atoms with E-state index in [2.05, 4.69) is 6.92 Å². The van der Waals surface area contributed by atoms with Gasteiger partial charge in [-0.25, -0.2) is 19.5 Å². The number of carboxylic acids is 1. The summed E-state index contributed by atoms with van der Waals surface area (Å²) in [6, 6.07) is 27.8. The lowest BCUT2D eigenvalue weighted by molar-refractivity contribution is -0.116. The Labute approximate surface area is 249 Å². The highest BCUT2D eigenvalue weighted by Crippen LogP contribution is 2.34. The molecule has 0 radical (unpaired) electrons. The van der Waals surface area contributed by atoms with E-state index in [1.54, 1.807) is 6.07 Å². The first-order valence-electron chi connectivity index (χ1n) is 14.5. The summed E-state index contributed by atoms with van der Waals surface area (Å²) >= 11 is 0. The van der Waals surface area contributed by atoms with E-state index in [0.29, 0.717) is 46.5 Å². The zero-order valence-corrected chi connectivity index (χ0v) is 24.2. The zero-order valence-electron chi connectivity index (χ0n) is 24.2. The third kappa shape index (κ3) is 5.16. The van der Waals surface area contributed by atoms with Crippen LogP contribution in [0.1, 0.15) is 47.1 Å². The van der Waals surface area contributed by atoms with Gasteiger partial charge in [0.15, 0.2) is 0 Å². The molecule has 8 heteroatoms. The molecule has 8 nitrogen and oxygen atoms in total. The largest absolute Gasteiger partial charge is 0.478 e. The van der Waals surface area contributed by atoms with Crippen LogP contribution >= 0.6 is 0 Å². The van der Waals surface area contributed by atoms with Crippen molar-refractivity contribution in [2.24, 2.45) is 0 Å². The number of nitrogens with zero attached hydrogens (tertiary/aromatic N) is 4. The van der Waals surface area contributed by atoms with Gasteiger partial charge in [0, 0.05) is 13.0 Å². The number of benzene rings is 4. The van der Waals surface area contributed by atoms with Gasteiger partial charge >= 0.3 is 12.0 Å². The second-order valence-electron chi connectivity index (χ2n) is 10.8. The predicted octanol–water partition coefficient (Wildman–Crippen LogP) is 7.01. The molecule has 43 heavy (non-hydrogen) atoms. The molecule has 6 rings (SSSR count). The standard InChI is InChI=1S/C35H32N4O4/c1-3-4-15-31-36-28-18-16-26(38-32(40)22-37(35(38)43)21-24-11-7-5-8-12-24)20-30(28)39(31)29-19-17-27(25-13-9-6-10-14-25)33(23(29)2)34(41)42/h5-14,16-20H,3-4,15,21-22H2,1-2H3,(H,41,42). The van der Waals surface area contributed by atoms with E-state index in [0.717, 1.165) is 29.8 Å². The van der Waals surface area contributed by atoms with E-state index in [9.17, 15) is 19.5 Å². The number of hydrogen-bond acceptors (Lipinski definition) is 4. The van der Waals surface area contributed by atoms with E-state index in [1.807, 2.05) is 96.4 Å². The maximum absolute atomic E-state index is 13.4. The molecule has 0 bridgehead atoms. The molecule has 1 fully saturated rings. The fraction of sp³-hybridized carbons (Fsp3) is 0.200. The van der Waals surface area contributed by atoms with Gasteiger partial charge < -0.3 is 10.0 Å². The number of aromatic nitrogens is 2. The molecule has 0 spiro atoms. The first-order chi connectivity index (χ1) is 20.9. The minimum atomic E-state index is -1.01. The molecule has 4 aromatic carbocycles. The smallest absolute Gasteiger partial charge is 0.336 e. The number of anilines is 1. The molecule has 1 aliphatic heterocycles. The topological polar surface area (TPSA) is 95.7 Å². The highest BCUT2D eigenvalue weighted by molar-refractivity contribution is 6.20. The first-order valence-corrected chi connectivity index (χ1v) is 14.5. The first kappa shape index (κ1) is 27.9. The van der Waals surface area contributed by atoms with Gasteiger partial charge in [-0.05, 0) is 59.9 Å². The van der Waals surface area contributed by atoms with Gasteiger partial charge in [0.25, 0.3) is 5.91 Å². The van der Waals surface area contributed by atoms with Crippen LogP contribution in [0.4, 0.5) is 10.5 Å². The van der Waals surface area contributed by atoms with Crippen LogP contribution in [-0.4, -0.2) is 44.0 Å². The molecule has 1 N–H and O–H groups in total. The number of hydrogen-bond donors (Lipinski definition) is 1. The van der Waals surface area contributed by atoms with Crippen molar-refractivity contribution in [3.63, 3.8) is 0 Å². The van der Waals surface area contributed by atoms with Crippen LogP contribution in [0.25, 0.3) is 27.8 Å². The van der Waals surface area contributed by atoms with Gasteiger partial charge in [-0.1, -0.05) is 80.1 Å². The average molecular weight is 573 g/mol. The summed E-state index contributed by atoms with van der Waals surface area (Å²) in [5.41, 5.74) is 5.82. The maximum Gasteiger partial charge on any atom is 0.336 e. The number of amides is 3. The van der Waals surface area contributed by atoms with Crippen molar-refractivity contribution in [2.75, 3.05) is 11.4 Å². The molecule has 3 amide bonds. The number of rotatable bonds is 9. The number of unbranched alkanes of at least 4 members (excludes halogenated alkanes) is 1. The van der Waals surface area contributed by atoms with Gasteiger partial charge in [0.2, 0.25) is 0 Å². The average Bonchev–Trinajstić information content (AvgIpc) is 3.51. The highest BCUT2D eigenvalue weighted by Gasteiger charge is 2.37. The number of aromatic carboxylic acids is 1. The molecule has 216 valence electrons. The van der Waals surface area contributed by atoms with Crippen LogP contribution in [0.15, 0.2) is 91.0 Å². The predicted molar refractivity (Wildman–Crippen MR) is 167 cm³/mol. The Kier molecular flexibility index (Phi) is 7.50. The van der Waals surface area contributed by atoms with Crippen molar-refractivity contribution in [1.29, 1.82) is 0 Å². The van der Waals surface area contributed by atoms with Crippen molar-refractivity contribution in [3.05, 3.63) is 114 Å². The van der Waals surface area contributed by atoms with Crippen LogP contribution in [0, 0.1) is 6.92 Å². The molecule has 1 saturated heterocycles. The Morgan fingerprint density at radius 3 is 2.35 bits per heavy atom. The number of imidazole rings is 1. The van der Waals surface area contributed by atoms with Crippen molar-refractivity contribution < 1.29 is 19.5 Å². The molecule has 0 aliphatic carbocycles. The molecule has 1 aliphatic rings. The summed E-state index contributed by atoms with van der Waals surface area (Å²) in [6.07, 6.45) is 2.56. The van der Waals surface area contributed by atoms with Crippen LogP contribution in [0.2, 0.25) is 0 Å². The third-order valence-corrected chi connectivity index (χ3v) is 7.95. The number of carbonyl (C=O) groups is 3. The number of fused-ring (bicyclic) bond motifs is 1. The molecule has 0 unspecified atom stereocenters. The molecule has 1 aromatic heterocycles. The Morgan fingerprint density at radius 1 is 0.930 bits per heavy atom. The fourth-order valence-corrected chi connectivity index (χ4v) is 5.83. The summed E-state index contributed by atoms with van der Waals surface area (Å²) in [5.74, 6) is -0.509. The minimum Gasteiger partial charge on any atom is -0.478 e. The van der Waals surface area contributed by atoms with Crippen molar-refractivity contribution in [2.45, 2.75) is 39.7 Å². The molecule has 2 heterocycles. The zero-order chi connectivity index (χ0) is 30.1. The summed E-state index contributed by atoms with van der Waals surface area (Å²) < 4.78 is 1.98. The van der Waals surface area contributed by atoms with Gasteiger partial charge in [-0.2, -0.15) is 0 Å². The normalized spacial score (nSPS) is 13.3. The number of carbonyl (C=O) groups excluding carboxylic acids is 2. The lowest BCUT2D eigenvalue weighted by Crippen LogP contribution is -2.32. The van der Waals surface area contributed by atoms with Gasteiger partial charge in [-0.3, -0.25) is 9.36 Å². The highest BCUT2D eigenvalue weighted by atomic mass is 16.4. The second kappa shape index (κ2) is 11.6. The number of aryl methyl sites for hydroxylation is 1. The minimum absolute atomic E-state index is 0.00515.